The number of thiophene rings is 1. The highest BCUT2D eigenvalue weighted by atomic mass is 35.5. The first-order valence-electron chi connectivity index (χ1n) is 5.83. The Labute approximate surface area is 125 Å². The molecule has 1 aromatic heterocycles. The van der Waals surface area contributed by atoms with Crippen LogP contribution < -0.4 is 5.73 Å². The lowest BCUT2D eigenvalue weighted by Gasteiger charge is -2.13. The van der Waals surface area contributed by atoms with Gasteiger partial charge in [-0.1, -0.05) is 47.5 Å². The van der Waals surface area contributed by atoms with Gasteiger partial charge in [0.05, 0.1) is 6.04 Å². The molecule has 0 aliphatic rings. The number of halogens is 2. The zero-order valence-corrected chi connectivity index (χ0v) is 12.3. The van der Waals surface area contributed by atoms with E-state index in [9.17, 15) is 0 Å². The van der Waals surface area contributed by atoms with E-state index in [1.165, 1.54) is 10.1 Å². The van der Waals surface area contributed by atoms with Crippen LogP contribution in [0.4, 0.5) is 0 Å². The lowest BCUT2D eigenvalue weighted by molar-refractivity contribution is 0.885. The van der Waals surface area contributed by atoms with E-state index in [1.54, 1.807) is 17.4 Å². The molecule has 0 amide bonds. The third-order valence-corrected chi connectivity index (χ3v) is 4.69. The zero-order chi connectivity index (χ0) is 13.4. The minimum absolute atomic E-state index is 0.235. The fraction of sp³-hybridized carbons (Fsp3) is 0.0667. The fourth-order valence-electron chi connectivity index (χ4n) is 2.16. The molecule has 19 heavy (non-hydrogen) atoms. The quantitative estimate of drug-likeness (QED) is 0.687. The molecular formula is C15H11Cl2NS. The van der Waals surface area contributed by atoms with Crippen LogP contribution in [0.5, 0.6) is 0 Å². The van der Waals surface area contributed by atoms with Gasteiger partial charge in [0.15, 0.2) is 0 Å². The molecule has 2 aromatic carbocycles. The molecule has 1 nitrogen and oxygen atoms in total. The maximum absolute atomic E-state index is 6.36. The summed E-state index contributed by atoms with van der Waals surface area (Å²) >= 11 is 13.8. The highest BCUT2D eigenvalue weighted by Gasteiger charge is 2.16. The highest BCUT2D eigenvalue weighted by Crippen LogP contribution is 2.35. The summed E-state index contributed by atoms with van der Waals surface area (Å²) in [5.41, 5.74) is 8.36. The van der Waals surface area contributed by atoms with E-state index in [-0.39, 0.29) is 6.04 Å². The molecule has 0 bridgehead atoms. The summed E-state index contributed by atoms with van der Waals surface area (Å²) in [6.45, 7) is 0. The van der Waals surface area contributed by atoms with Crippen molar-refractivity contribution in [2.75, 3.05) is 0 Å². The molecule has 0 aliphatic carbocycles. The van der Waals surface area contributed by atoms with Gasteiger partial charge >= 0.3 is 0 Å². The molecule has 4 heteroatoms. The summed E-state index contributed by atoms with van der Waals surface area (Å²) in [7, 11) is 0. The van der Waals surface area contributed by atoms with Crippen molar-refractivity contribution >= 4 is 44.6 Å². The van der Waals surface area contributed by atoms with Gasteiger partial charge in [-0.05, 0) is 40.1 Å². The van der Waals surface area contributed by atoms with Gasteiger partial charge in [0, 0.05) is 14.7 Å². The Morgan fingerprint density at radius 1 is 1.00 bits per heavy atom. The van der Waals surface area contributed by atoms with E-state index in [4.69, 9.17) is 28.9 Å². The van der Waals surface area contributed by atoms with Crippen molar-refractivity contribution in [3.05, 3.63) is 69.0 Å². The second-order valence-corrected chi connectivity index (χ2v) is 6.09. The average Bonchev–Trinajstić information content (AvgIpc) is 2.82. The Morgan fingerprint density at radius 2 is 1.79 bits per heavy atom. The van der Waals surface area contributed by atoms with Gasteiger partial charge < -0.3 is 5.73 Å². The predicted molar refractivity (Wildman–Crippen MR) is 84.3 cm³/mol. The van der Waals surface area contributed by atoms with Crippen LogP contribution in [0.15, 0.2) is 47.8 Å². The first kappa shape index (κ1) is 12.9. The van der Waals surface area contributed by atoms with Gasteiger partial charge in [0.25, 0.3) is 0 Å². The summed E-state index contributed by atoms with van der Waals surface area (Å²) in [6, 6.07) is 13.4. The lowest BCUT2D eigenvalue weighted by Crippen LogP contribution is -2.11. The molecule has 1 heterocycles. The van der Waals surface area contributed by atoms with E-state index in [1.807, 2.05) is 24.3 Å². The second kappa shape index (κ2) is 5.14. The van der Waals surface area contributed by atoms with Crippen molar-refractivity contribution in [2.24, 2.45) is 5.73 Å². The number of rotatable bonds is 2. The Morgan fingerprint density at radius 3 is 2.58 bits per heavy atom. The van der Waals surface area contributed by atoms with E-state index in [0.717, 1.165) is 11.1 Å². The maximum atomic E-state index is 6.36. The topological polar surface area (TPSA) is 26.0 Å². The van der Waals surface area contributed by atoms with Gasteiger partial charge in [-0.2, -0.15) is 0 Å². The normalized spacial score (nSPS) is 12.8. The van der Waals surface area contributed by atoms with Crippen LogP contribution in [0.25, 0.3) is 10.1 Å². The van der Waals surface area contributed by atoms with Crippen LogP contribution >= 0.6 is 34.5 Å². The standard InChI is InChI=1S/C15H11Cl2NS/c16-9-5-6-11(13(17)7-9)15(18)12-8-19-14-4-2-1-3-10(12)14/h1-8,15H,18H2. The SMILES string of the molecule is NC(c1ccc(Cl)cc1Cl)c1csc2ccccc12. The second-order valence-electron chi connectivity index (χ2n) is 4.33. The molecule has 0 aliphatic heterocycles. The third-order valence-electron chi connectivity index (χ3n) is 3.14. The first-order chi connectivity index (χ1) is 9.16. The number of hydrogen-bond donors (Lipinski definition) is 1. The van der Waals surface area contributed by atoms with E-state index >= 15 is 0 Å². The lowest BCUT2D eigenvalue weighted by atomic mass is 9.99. The van der Waals surface area contributed by atoms with Gasteiger partial charge in [-0.3, -0.25) is 0 Å². The summed E-state index contributed by atoms with van der Waals surface area (Å²) in [4.78, 5) is 0. The first-order valence-corrected chi connectivity index (χ1v) is 7.47. The Balaban J connectivity index is 2.10. The fourth-order valence-corrected chi connectivity index (χ4v) is 3.68. The Hall–Kier alpha value is -1.06. The van der Waals surface area contributed by atoms with Gasteiger partial charge in [0.2, 0.25) is 0 Å². The van der Waals surface area contributed by atoms with Crippen LogP contribution in [0.3, 0.4) is 0 Å². The van der Waals surface area contributed by atoms with Crippen molar-refractivity contribution in [3.63, 3.8) is 0 Å². The van der Waals surface area contributed by atoms with Crippen molar-refractivity contribution < 1.29 is 0 Å². The van der Waals surface area contributed by atoms with Crippen LogP contribution in [0, 0.1) is 0 Å². The minimum Gasteiger partial charge on any atom is -0.320 e. The summed E-state index contributed by atoms with van der Waals surface area (Å²) in [5, 5.41) is 4.51. The van der Waals surface area contributed by atoms with E-state index in [2.05, 4.69) is 17.5 Å². The monoisotopic (exact) mass is 307 g/mol. The number of fused-ring (bicyclic) bond motifs is 1. The summed E-state index contributed by atoms with van der Waals surface area (Å²) in [5.74, 6) is 0. The average molecular weight is 308 g/mol. The van der Waals surface area contributed by atoms with Gasteiger partial charge in [0.1, 0.15) is 0 Å². The van der Waals surface area contributed by atoms with Crippen molar-refractivity contribution in [3.8, 4) is 0 Å². The number of benzene rings is 2. The van der Waals surface area contributed by atoms with Crippen molar-refractivity contribution in [1.29, 1.82) is 0 Å². The number of hydrogen-bond acceptors (Lipinski definition) is 2. The molecule has 3 aromatic rings. The molecule has 0 fully saturated rings. The molecule has 0 saturated heterocycles. The van der Waals surface area contributed by atoms with E-state index < -0.39 is 0 Å². The molecule has 3 rings (SSSR count). The largest absolute Gasteiger partial charge is 0.320 e. The van der Waals surface area contributed by atoms with Crippen LogP contribution in [0.2, 0.25) is 10.0 Å². The van der Waals surface area contributed by atoms with E-state index in [0.29, 0.717) is 10.0 Å². The smallest absolute Gasteiger partial charge is 0.0580 e. The molecule has 0 saturated carbocycles. The third kappa shape index (κ3) is 2.37. The maximum Gasteiger partial charge on any atom is 0.0580 e. The van der Waals surface area contributed by atoms with Crippen LogP contribution in [0.1, 0.15) is 17.2 Å². The number of nitrogens with two attached hydrogens (primary N) is 1. The summed E-state index contributed by atoms with van der Waals surface area (Å²) in [6.07, 6.45) is 0. The summed E-state index contributed by atoms with van der Waals surface area (Å²) < 4.78 is 1.23. The van der Waals surface area contributed by atoms with Gasteiger partial charge in [-0.25, -0.2) is 0 Å². The van der Waals surface area contributed by atoms with Crippen LogP contribution in [-0.2, 0) is 0 Å². The zero-order valence-electron chi connectivity index (χ0n) is 9.94. The highest BCUT2D eigenvalue weighted by molar-refractivity contribution is 7.17. The van der Waals surface area contributed by atoms with Crippen LogP contribution in [-0.4, -0.2) is 0 Å². The Bertz CT molecular complexity index is 736. The molecule has 2 N–H and O–H groups in total. The Kier molecular flexibility index (Phi) is 3.50. The molecule has 0 spiro atoms. The molecule has 0 radical (unpaired) electrons. The molecule has 1 unspecified atom stereocenters. The predicted octanol–water partition coefficient (Wildman–Crippen LogP) is 5.26. The van der Waals surface area contributed by atoms with Gasteiger partial charge in [-0.15, -0.1) is 11.3 Å². The molecule has 96 valence electrons. The molecular weight excluding hydrogens is 297 g/mol. The van der Waals surface area contributed by atoms with Crippen molar-refractivity contribution in [2.45, 2.75) is 6.04 Å². The van der Waals surface area contributed by atoms with Crippen molar-refractivity contribution in [1.82, 2.24) is 0 Å². The minimum atomic E-state index is -0.235. The molecule has 1 atom stereocenters.